The Labute approximate surface area is 143 Å². The topological polar surface area (TPSA) is 41.3 Å². The molecule has 0 aliphatic carbocycles. The van der Waals surface area contributed by atoms with Gasteiger partial charge in [0.25, 0.3) is 0 Å². The van der Waals surface area contributed by atoms with Crippen LogP contribution in [0.3, 0.4) is 0 Å². The van der Waals surface area contributed by atoms with E-state index in [9.17, 15) is 5.21 Å². The van der Waals surface area contributed by atoms with Gasteiger partial charge < -0.3 is 10.5 Å². The molecule has 0 spiro atoms. The molecule has 2 aliphatic rings. The highest BCUT2D eigenvalue weighted by atomic mass is 16.5. The number of nitrogens with zero attached hydrogens (tertiary/aromatic N) is 2. The number of hydrogen-bond acceptors (Lipinski definition) is 3. The molecule has 2 aliphatic heterocycles. The number of benzene rings is 2. The lowest BCUT2D eigenvalue weighted by Crippen LogP contribution is -2.62. The standard InChI is InChI=1S/C20H23N3O/c1-3-22-20(2,18-11-7-6-10-17(18)14-23(22)24)19-12-15-8-4-5-9-16(15)13-21-19/h4-11,14,19,21H,3,12-13H2,1-2H3. The molecule has 0 saturated heterocycles. The Balaban J connectivity index is 1.81. The number of hydrazone groups is 1. The largest absolute Gasteiger partial charge is 0.596 e. The van der Waals surface area contributed by atoms with E-state index in [1.807, 2.05) is 24.1 Å². The molecular weight excluding hydrogens is 298 g/mol. The van der Waals surface area contributed by atoms with Crippen molar-refractivity contribution < 1.29 is 4.85 Å². The monoisotopic (exact) mass is 321 g/mol. The lowest BCUT2D eigenvalue weighted by molar-refractivity contribution is -0.659. The van der Waals surface area contributed by atoms with Gasteiger partial charge in [-0.1, -0.05) is 47.3 Å². The zero-order chi connectivity index (χ0) is 16.7. The summed E-state index contributed by atoms with van der Waals surface area (Å²) >= 11 is 0. The van der Waals surface area contributed by atoms with Crippen LogP contribution in [0.2, 0.25) is 0 Å². The van der Waals surface area contributed by atoms with Crippen LogP contribution in [-0.4, -0.2) is 28.7 Å². The van der Waals surface area contributed by atoms with E-state index >= 15 is 0 Å². The molecular formula is C20H23N3O. The summed E-state index contributed by atoms with van der Waals surface area (Å²) < 4.78 is 0. The van der Waals surface area contributed by atoms with E-state index in [0.717, 1.165) is 23.4 Å². The van der Waals surface area contributed by atoms with Crippen molar-refractivity contribution in [3.8, 4) is 0 Å². The molecule has 124 valence electrons. The highest BCUT2D eigenvalue weighted by molar-refractivity contribution is 5.79. The third-order valence-electron chi connectivity index (χ3n) is 5.59. The van der Waals surface area contributed by atoms with Crippen LogP contribution < -0.4 is 5.32 Å². The molecule has 2 aromatic carbocycles. The number of rotatable bonds is 2. The van der Waals surface area contributed by atoms with Crippen LogP contribution in [0.4, 0.5) is 0 Å². The van der Waals surface area contributed by atoms with E-state index in [1.54, 1.807) is 6.21 Å². The van der Waals surface area contributed by atoms with Gasteiger partial charge in [-0.3, -0.25) is 0 Å². The smallest absolute Gasteiger partial charge is 0.214 e. The minimum absolute atomic E-state index is 0.179. The molecule has 0 aromatic heterocycles. The summed E-state index contributed by atoms with van der Waals surface area (Å²) in [6.07, 6.45) is 2.61. The first-order valence-electron chi connectivity index (χ1n) is 8.63. The van der Waals surface area contributed by atoms with Crippen molar-refractivity contribution in [2.24, 2.45) is 0 Å². The molecule has 4 nitrogen and oxygen atoms in total. The van der Waals surface area contributed by atoms with Gasteiger partial charge in [0.05, 0.1) is 6.54 Å². The molecule has 1 N–H and O–H groups in total. The summed E-state index contributed by atoms with van der Waals surface area (Å²) in [4.78, 5) is 1.02. The molecule has 2 atom stereocenters. The van der Waals surface area contributed by atoms with Gasteiger partial charge in [0.1, 0.15) is 5.54 Å². The van der Waals surface area contributed by atoms with Crippen LogP contribution in [0.15, 0.2) is 48.5 Å². The fourth-order valence-electron chi connectivity index (χ4n) is 4.29. The van der Waals surface area contributed by atoms with E-state index < -0.39 is 0 Å². The first kappa shape index (κ1) is 15.2. The second-order valence-electron chi connectivity index (χ2n) is 6.79. The average Bonchev–Trinajstić information content (AvgIpc) is 2.61. The maximum Gasteiger partial charge on any atom is 0.214 e. The predicted molar refractivity (Wildman–Crippen MR) is 95.7 cm³/mol. The van der Waals surface area contributed by atoms with Crippen molar-refractivity contribution >= 4 is 6.21 Å². The van der Waals surface area contributed by atoms with Gasteiger partial charge >= 0.3 is 0 Å². The van der Waals surface area contributed by atoms with E-state index in [2.05, 4.69) is 48.6 Å². The van der Waals surface area contributed by atoms with Gasteiger partial charge in [-0.15, -0.1) is 0 Å². The molecule has 0 fully saturated rings. The molecule has 2 aromatic rings. The second kappa shape index (κ2) is 5.64. The van der Waals surface area contributed by atoms with Crippen molar-refractivity contribution in [2.45, 2.75) is 38.4 Å². The van der Waals surface area contributed by atoms with Crippen LogP contribution in [-0.2, 0) is 18.5 Å². The Hall–Kier alpha value is -2.33. The van der Waals surface area contributed by atoms with E-state index in [-0.39, 0.29) is 11.6 Å². The zero-order valence-electron chi connectivity index (χ0n) is 14.2. The molecule has 4 rings (SSSR count). The molecule has 0 amide bonds. The summed E-state index contributed by atoms with van der Waals surface area (Å²) in [6, 6.07) is 17.0. The average molecular weight is 321 g/mol. The zero-order valence-corrected chi connectivity index (χ0v) is 14.2. The summed E-state index contributed by atoms with van der Waals surface area (Å²) in [7, 11) is 0. The van der Waals surface area contributed by atoms with Crippen LogP contribution in [0.5, 0.6) is 0 Å². The quantitative estimate of drug-likeness (QED) is 0.683. The third kappa shape index (κ3) is 2.13. The van der Waals surface area contributed by atoms with Crippen molar-refractivity contribution in [3.63, 3.8) is 0 Å². The first-order valence-corrected chi connectivity index (χ1v) is 8.63. The third-order valence-corrected chi connectivity index (χ3v) is 5.59. The molecule has 0 bridgehead atoms. The first-order chi connectivity index (χ1) is 11.6. The SMILES string of the molecule is CCN1[N+]([O-])=Cc2ccccc2C1(C)C1Cc2ccccc2CN1. The normalized spacial score (nSPS) is 25.7. The minimum Gasteiger partial charge on any atom is -0.596 e. The van der Waals surface area contributed by atoms with Crippen molar-refractivity contribution in [2.75, 3.05) is 6.54 Å². The van der Waals surface area contributed by atoms with Crippen LogP contribution in [0, 0.1) is 5.21 Å². The number of likely N-dealkylation sites (N-methyl/N-ethyl adjacent to an activating group) is 1. The van der Waals surface area contributed by atoms with Crippen LogP contribution in [0.1, 0.15) is 36.1 Å². The van der Waals surface area contributed by atoms with E-state index in [0.29, 0.717) is 6.54 Å². The number of hydrazine groups is 1. The fourth-order valence-corrected chi connectivity index (χ4v) is 4.29. The summed E-state index contributed by atoms with van der Waals surface area (Å²) in [5.41, 5.74) is 4.59. The molecule has 4 heteroatoms. The van der Waals surface area contributed by atoms with Crippen molar-refractivity contribution in [3.05, 3.63) is 76.0 Å². The summed E-state index contributed by atoms with van der Waals surface area (Å²) in [5, 5.41) is 18.3. The summed E-state index contributed by atoms with van der Waals surface area (Å²) in [6.45, 7) is 5.75. The maximum atomic E-state index is 12.7. The Morgan fingerprint density at radius 1 is 1.17 bits per heavy atom. The van der Waals surface area contributed by atoms with Crippen molar-refractivity contribution in [1.82, 2.24) is 10.3 Å². The molecule has 2 unspecified atom stereocenters. The predicted octanol–water partition coefficient (Wildman–Crippen LogP) is 2.80. The second-order valence-corrected chi connectivity index (χ2v) is 6.79. The summed E-state index contributed by atoms with van der Waals surface area (Å²) in [5.74, 6) is 0. The highest BCUT2D eigenvalue weighted by Gasteiger charge is 2.49. The fraction of sp³-hybridized carbons (Fsp3) is 0.350. The van der Waals surface area contributed by atoms with E-state index in [4.69, 9.17) is 0 Å². The Morgan fingerprint density at radius 2 is 1.88 bits per heavy atom. The van der Waals surface area contributed by atoms with E-state index in [1.165, 1.54) is 16.7 Å². The van der Waals surface area contributed by atoms with Gasteiger partial charge in [0, 0.05) is 18.2 Å². The molecule has 0 saturated carbocycles. The van der Waals surface area contributed by atoms with Gasteiger partial charge in [0.2, 0.25) is 6.21 Å². The Kier molecular flexibility index (Phi) is 3.57. The van der Waals surface area contributed by atoms with Gasteiger partial charge in [-0.05, 0) is 43.0 Å². The Morgan fingerprint density at radius 3 is 2.67 bits per heavy atom. The number of fused-ring (bicyclic) bond motifs is 2. The van der Waals surface area contributed by atoms with Crippen molar-refractivity contribution in [1.29, 1.82) is 0 Å². The van der Waals surface area contributed by atoms with Gasteiger partial charge in [0.15, 0.2) is 0 Å². The number of hydrogen-bond donors (Lipinski definition) is 1. The minimum atomic E-state index is -0.380. The number of nitrogens with one attached hydrogen (secondary N) is 1. The molecule has 24 heavy (non-hydrogen) atoms. The van der Waals surface area contributed by atoms with Crippen LogP contribution in [0.25, 0.3) is 0 Å². The van der Waals surface area contributed by atoms with Crippen LogP contribution >= 0.6 is 0 Å². The molecule has 2 heterocycles. The highest BCUT2D eigenvalue weighted by Crippen LogP contribution is 2.39. The lowest BCUT2D eigenvalue weighted by Gasteiger charge is -2.48. The van der Waals surface area contributed by atoms with Gasteiger partial charge in [-0.25, -0.2) is 0 Å². The lowest BCUT2D eigenvalue weighted by atomic mass is 9.76. The Bertz CT molecular complexity index is 801. The molecule has 0 radical (unpaired) electrons. The maximum absolute atomic E-state index is 12.7. The van der Waals surface area contributed by atoms with Gasteiger partial charge in [-0.2, -0.15) is 5.01 Å².